The predicted octanol–water partition coefficient (Wildman–Crippen LogP) is -0.484. The maximum atomic E-state index is 11.2. The number of nitrogens with one attached hydrogen (secondary N) is 3. The average molecular weight is 209 g/mol. The standard InChI is InChI=1S/C9H15N5O/c10-7-8(13-5-14-9(7)15)12-4-6-2-1-3-11-6/h5-6,11H,1-4,10H2,(H2,12,13,14,15). The Morgan fingerprint density at radius 3 is 3.27 bits per heavy atom. The number of aromatic nitrogens is 2. The minimum Gasteiger partial charge on any atom is -0.391 e. The maximum Gasteiger partial charge on any atom is 0.276 e. The van der Waals surface area contributed by atoms with Crippen molar-refractivity contribution >= 4 is 11.5 Å². The second kappa shape index (κ2) is 4.31. The van der Waals surface area contributed by atoms with E-state index in [0.29, 0.717) is 11.9 Å². The van der Waals surface area contributed by atoms with Crippen LogP contribution in [0.2, 0.25) is 0 Å². The number of H-pyrrole nitrogens is 1. The molecule has 0 spiro atoms. The highest BCUT2D eigenvalue weighted by molar-refractivity contribution is 5.58. The van der Waals surface area contributed by atoms with E-state index >= 15 is 0 Å². The Morgan fingerprint density at radius 1 is 1.67 bits per heavy atom. The number of nitrogens with zero attached hydrogens (tertiary/aromatic N) is 1. The fourth-order valence-corrected chi connectivity index (χ4v) is 1.70. The zero-order valence-electron chi connectivity index (χ0n) is 8.42. The van der Waals surface area contributed by atoms with E-state index in [2.05, 4.69) is 20.6 Å². The maximum absolute atomic E-state index is 11.2. The van der Waals surface area contributed by atoms with Crippen molar-refractivity contribution in [3.8, 4) is 0 Å². The summed E-state index contributed by atoms with van der Waals surface area (Å²) in [4.78, 5) is 17.6. The van der Waals surface area contributed by atoms with E-state index in [0.717, 1.165) is 19.5 Å². The third kappa shape index (κ3) is 2.27. The number of rotatable bonds is 3. The Bertz CT molecular complexity index is 382. The largest absolute Gasteiger partial charge is 0.391 e. The van der Waals surface area contributed by atoms with Crippen LogP contribution in [0.1, 0.15) is 12.8 Å². The third-order valence-corrected chi connectivity index (χ3v) is 2.57. The Balaban J connectivity index is 1.98. The molecule has 6 nitrogen and oxygen atoms in total. The first-order chi connectivity index (χ1) is 7.27. The van der Waals surface area contributed by atoms with Crippen LogP contribution in [0.4, 0.5) is 11.5 Å². The monoisotopic (exact) mass is 209 g/mol. The van der Waals surface area contributed by atoms with Crippen LogP contribution in [0.5, 0.6) is 0 Å². The number of nitrogens with two attached hydrogens (primary N) is 1. The molecule has 1 aliphatic heterocycles. The molecule has 1 fully saturated rings. The molecule has 6 heteroatoms. The van der Waals surface area contributed by atoms with Crippen molar-refractivity contribution < 1.29 is 0 Å². The summed E-state index contributed by atoms with van der Waals surface area (Å²) in [5, 5.41) is 6.42. The van der Waals surface area contributed by atoms with E-state index in [9.17, 15) is 4.79 Å². The Morgan fingerprint density at radius 2 is 2.53 bits per heavy atom. The van der Waals surface area contributed by atoms with Gasteiger partial charge in [0.25, 0.3) is 5.56 Å². The van der Waals surface area contributed by atoms with Gasteiger partial charge >= 0.3 is 0 Å². The summed E-state index contributed by atoms with van der Waals surface area (Å²) in [5.41, 5.74) is 5.43. The number of nitrogen functional groups attached to an aromatic ring is 1. The van der Waals surface area contributed by atoms with E-state index in [1.165, 1.54) is 12.7 Å². The number of anilines is 2. The fraction of sp³-hybridized carbons (Fsp3) is 0.556. The van der Waals surface area contributed by atoms with E-state index in [1.54, 1.807) is 0 Å². The lowest BCUT2D eigenvalue weighted by Crippen LogP contribution is -2.30. The average Bonchev–Trinajstić information content (AvgIpc) is 2.73. The SMILES string of the molecule is Nc1c(NCC2CCCN2)nc[nH]c1=O. The van der Waals surface area contributed by atoms with Gasteiger partial charge in [0.05, 0.1) is 6.33 Å². The topological polar surface area (TPSA) is 95.8 Å². The molecule has 0 aromatic carbocycles. The van der Waals surface area contributed by atoms with E-state index in [4.69, 9.17) is 5.73 Å². The smallest absolute Gasteiger partial charge is 0.276 e. The van der Waals surface area contributed by atoms with E-state index < -0.39 is 0 Å². The van der Waals surface area contributed by atoms with Gasteiger partial charge in [0.1, 0.15) is 5.69 Å². The molecule has 15 heavy (non-hydrogen) atoms. The first-order valence-corrected chi connectivity index (χ1v) is 5.08. The molecule has 2 rings (SSSR count). The van der Waals surface area contributed by atoms with E-state index in [-0.39, 0.29) is 11.2 Å². The van der Waals surface area contributed by atoms with Crippen LogP contribution in [-0.2, 0) is 0 Å². The molecule has 0 amide bonds. The lowest BCUT2D eigenvalue weighted by atomic mass is 10.2. The van der Waals surface area contributed by atoms with Crippen molar-refractivity contribution in [1.82, 2.24) is 15.3 Å². The van der Waals surface area contributed by atoms with Crippen molar-refractivity contribution in [1.29, 1.82) is 0 Å². The molecule has 0 aliphatic carbocycles. The summed E-state index contributed by atoms with van der Waals surface area (Å²) in [6, 6.07) is 0.450. The van der Waals surface area contributed by atoms with Crippen LogP contribution in [0.15, 0.2) is 11.1 Å². The summed E-state index contributed by atoms with van der Waals surface area (Å²) in [6.07, 6.45) is 3.70. The second-order valence-corrected chi connectivity index (χ2v) is 3.67. The van der Waals surface area contributed by atoms with Gasteiger partial charge in [-0.1, -0.05) is 0 Å². The Labute approximate surface area is 87.3 Å². The van der Waals surface area contributed by atoms with Gasteiger partial charge in [-0.05, 0) is 19.4 Å². The lowest BCUT2D eigenvalue weighted by molar-refractivity contribution is 0.632. The van der Waals surface area contributed by atoms with Gasteiger partial charge < -0.3 is 21.4 Å². The highest BCUT2D eigenvalue weighted by Crippen LogP contribution is 2.10. The number of hydrogen-bond donors (Lipinski definition) is 4. The fourth-order valence-electron chi connectivity index (χ4n) is 1.70. The molecule has 1 unspecified atom stereocenters. The number of aromatic amines is 1. The quantitative estimate of drug-likeness (QED) is 0.539. The normalized spacial score (nSPS) is 20.4. The summed E-state index contributed by atoms with van der Waals surface area (Å²) >= 11 is 0. The van der Waals surface area contributed by atoms with Gasteiger partial charge in [-0.3, -0.25) is 4.79 Å². The van der Waals surface area contributed by atoms with Crippen LogP contribution in [0, 0.1) is 0 Å². The molecule has 1 atom stereocenters. The number of hydrogen-bond acceptors (Lipinski definition) is 5. The minimum absolute atomic E-state index is 0.149. The van der Waals surface area contributed by atoms with Gasteiger partial charge in [-0.25, -0.2) is 4.98 Å². The zero-order valence-corrected chi connectivity index (χ0v) is 8.42. The van der Waals surface area contributed by atoms with Crippen molar-refractivity contribution in [2.75, 3.05) is 24.1 Å². The second-order valence-electron chi connectivity index (χ2n) is 3.67. The van der Waals surface area contributed by atoms with Crippen molar-refractivity contribution in [2.45, 2.75) is 18.9 Å². The lowest BCUT2D eigenvalue weighted by Gasteiger charge is -2.12. The van der Waals surface area contributed by atoms with Gasteiger partial charge in [0, 0.05) is 12.6 Å². The van der Waals surface area contributed by atoms with Crippen LogP contribution >= 0.6 is 0 Å². The summed E-state index contributed by atoms with van der Waals surface area (Å²) in [5.74, 6) is 0.465. The van der Waals surface area contributed by atoms with Crippen LogP contribution in [0.25, 0.3) is 0 Å². The van der Waals surface area contributed by atoms with Crippen LogP contribution in [0.3, 0.4) is 0 Å². The molecular weight excluding hydrogens is 194 g/mol. The van der Waals surface area contributed by atoms with Gasteiger partial charge in [0.2, 0.25) is 0 Å². The molecule has 2 heterocycles. The predicted molar refractivity (Wildman–Crippen MR) is 58.8 cm³/mol. The van der Waals surface area contributed by atoms with Crippen LogP contribution in [-0.4, -0.2) is 29.1 Å². The summed E-state index contributed by atoms with van der Waals surface area (Å²) in [7, 11) is 0. The van der Waals surface area contributed by atoms with Gasteiger partial charge in [-0.15, -0.1) is 0 Å². The zero-order chi connectivity index (χ0) is 10.7. The van der Waals surface area contributed by atoms with Gasteiger partial charge in [-0.2, -0.15) is 0 Å². The molecule has 0 radical (unpaired) electrons. The Hall–Kier alpha value is -1.56. The summed E-state index contributed by atoms with van der Waals surface area (Å²) in [6.45, 7) is 1.81. The molecule has 1 saturated heterocycles. The highest BCUT2D eigenvalue weighted by Gasteiger charge is 2.14. The minimum atomic E-state index is -0.299. The third-order valence-electron chi connectivity index (χ3n) is 2.57. The van der Waals surface area contributed by atoms with Crippen molar-refractivity contribution in [2.24, 2.45) is 0 Å². The molecule has 0 bridgehead atoms. The first kappa shape index (κ1) is 9.97. The van der Waals surface area contributed by atoms with Crippen molar-refractivity contribution in [3.05, 3.63) is 16.7 Å². The van der Waals surface area contributed by atoms with Gasteiger partial charge in [0.15, 0.2) is 5.82 Å². The molecule has 82 valence electrons. The molecule has 5 N–H and O–H groups in total. The van der Waals surface area contributed by atoms with E-state index in [1.807, 2.05) is 0 Å². The highest BCUT2D eigenvalue weighted by atomic mass is 16.1. The van der Waals surface area contributed by atoms with Crippen LogP contribution < -0.4 is 21.9 Å². The Kier molecular flexibility index (Phi) is 2.86. The summed E-state index contributed by atoms with van der Waals surface area (Å²) < 4.78 is 0. The molecule has 1 aromatic rings. The molecule has 1 aliphatic rings. The molecular formula is C9H15N5O. The van der Waals surface area contributed by atoms with Crippen molar-refractivity contribution in [3.63, 3.8) is 0 Å². The molecule has 0 saturated carbocycles. The molecule has 1 aromatic heterocycles. The first-order valence-electron chi connectivity index (χ1n) is 5.08.